The number of hydrogen-bond acceptors (Lipinski definition) is 3. The number of aliphatic hydroxyl groups excluding tert-OH is 1. The van der Waals surface area contributed by atoms with Crippen LogP contribution in [0.2, 0.25) is 0 Å². The maximum atomic E-state index is 8.99. The van der Waals surface area contributed by atoms with Gasteiger partial charge in [0.1, 0.15) is 0 Å². The van der Waals surface area contributed by atoms with Gasteiger partial charge < -0.3 is 10.8 Å². The molecule has 0 atom stereocenters. The van der Waals surface area contributed by atoms with E-state index >= 15 is 0 Å². The van der Waals surface area contributed by atoms with Crippen LogP contribution in [-0.4, -0.2) is 29.6 Å². The smallest absolute Gasteiger partial charge is 0.0681 e. The number of aliphatic hydroxyl groups is 1. The first-order chi connectivity index (χ1) is 8.30. The minimum atomic E-state index is 0.117. The predicted molar refractivity (Wildman–Crippen MR) is 71.6 cm³/mol. The van der Waals surface area contributed by atoms with Crippen LogP contribution in [-0.2, 0) is 13.2 Å². The molecule has 0 radical (unpaired) electrons. The molecule has 0 aliphatic heterocycles. The molecule has 1 aromatic carbocycles. The van der Waals surface area contributed by atoms with E-state index < -0.39 is 0 Å². The molecule has 0 aliphatic rings. The minimum absolute atomic E-state index is 0.117. The van der Waals surface area contributed by atoms with Crippen LogP contribution >= 0.6 is 0 Å². The molecule has 3 heteroatoms. The number of nitrogens with zero attached hydrogens (tertiary/aromatic N) is 1. The summed E-state index contributed by atoms with van der Waals surface area (Å²) < 4.78 is 0. The molecule has 0 spiro atoms. The summed E-state index contributed by atoms with van der Waals surface area (Å²) in [7, 11) is 0. The van der Waals surface area contributed by atoms with Crippen LogP contribution in [0.3, 0.4) is 0 Å². The average Bonchev–Trinajstić information content (AvgIpc) is 2.37. The van der Waals surface area contributed by atoms with Crippen LogP contribution in [0.15, 0.2) is 24.3 Å². The summed E-state index contributed by atoms with van der Waals surface area (Å²) in [6.45, 7) is 6.22. The molecule has 96 valence electrons. The van der Waals surface area contributed by atoms with E-state index in [1.165, 1.54) is 12.0 Å². The number of benzene rings is 1. The van der Waals surface area contributed by atoms with Crippen LogP contribution in [0.25, 0.3) is 0 Å². The normalized spacial score (nSPS) is 11.1. The van der Waals surface area contributed by atoms with Gasteiger partial charge in [-0.1, -0.05) is 31.2 Å². The summed E-state index contributed by atoms with van der Waals surface area (Å²) in [5, 5.41) is 8.99. The molecule has 0 saturated carbocycles. The first-order valence-corrected chi connectivity index (χ1v) is 6.41. The van der Waals surface area contributed by atoms with E-state index in [9.17, 15) is 0 Å². The van der Waals surface area contributed by atoms with Crippen LogP contribution in [0, 0.1) is 0 Å². The van der Waals surface area contributed by atoms with E-state index in [0.717, 1.165) is 38.2 Å². The van der Waals surface area contributed by atoms with Gasteiger partial charge in [-0.2, -0.15) is 0 Å². The fourth-order valence-corrected chi connectivity index (χ4v) is 1.91. The van der Waals surface area contributed by atoms with E-state index in [-0.39, 0.29) is 6.61 Å². The fraction of sp³-hybridized carbons (Fsp3) is 0.571. The molecule has 0 unspecified atom stereocenters. The third-order valence-corrected chi connectivity index (χ3v) is 2.83. The maximum Gasteiger partial charge on any atom is 0.0681 e. The van der Waals surface area contributed by atoms with Crippen molar-refractivity contribution in [2.45, 2.75) is 32.9 Å². The summed E-state index contributed by atoms with van der Waals surface area (Å²) in [5.41, 5.74) is 7.82. The van der Waals surface area contributed by atoms with Crippen molar-refractivity contribution in [1.29, 1.82) is 0 Å². The predicted octanol–water partition coefficient (Wildman–Crippen LogP) is 1.74. The van der Waals surface area contributed by atoms with Crippen LogP contribution in [0.5, 0.6) is 0 Å². The lowest BCUT2D eigenvalue weighted by Crippen LogP contribution is -2.26. The van der Waals surface area contributed by atoms with Crippen molar-refractivity contribution >= 4 is 0 Å². The number of nitrogens with two attached hydrogens (primary N) is 1. The van der Waals surface area contributed by atoms with Crippen molar-refractivity contribution < 1.29 is 5.11 Å². The minimum Gasteiger partial charge on any atom is -0.392 e. The van der Waals surface area contributed by atoms with Gasteiger partial charge in [-0.05, 0) is 43.6 Å². The monoisotopic (exact) mass is 236 g/mol. The summed E-state index contributed by atoms with van der Waals surface area (Å²) in [6, 6.07) is 8.16. The molecular formula is C14H24N2O. The lowest BCUT2D eigenvalue weighted by atomic mass is 10.1. The van der Waals surface area contributed by atoms with Crippen molar-refractivity contribution in [2.24, 2.45) is 5.73 Å². The van der Waals surface area contributed by atoms with Gasteiger partial charge in [-0.3, -0.25) is 4.90 Å². The highest BCUT2D eigenvalue weighted by Crippen LogP contribution is 2.08. The summed E-state index contributed by atoms with van der Waals surface area (Å²) >= 11 is 0. The van der Waals surface area contributed by atoms with E-state index in [4.69, 9.17) is 10.8 Å². The first kappa shape index (κ1) is 14.2. The zero-order valence-corrected chi connectivity index (χ0v) is 10.7. The summed E-state index contributed by atoms with van der Waals surface area (Å²) in [4.78, 5) is 2.43. The van der Waals surface area contributed by atoms with Gasteiger partial charge >= 0.3 is 0 Å². The largest absolute Gasteiger partial charge is 0.392 e. The van der Waals surface area contributed by atoms with Gasteiger partial charge in [0.25, 0.3) is 0 Å². The van der Waals surface area contributed by atoms with E-state index in [2.05, 4.69) is 24.0 Å². The molecule has 0 fully saturated rings. The molecule has 1 rings (SSSR count). The van der Waals surface area contributed by atoms with Gasteiger partial charge in [-0.15, -0.1) is 0 Å². The van der Waals surface area contributed by atoms with Crippen LogP contribution < -0.4 is 5.73 Å². The van der Waals surface area contributed by atoms with Gasteiger partial charge in [0.2, 0.25) is 0 Å². The topological polar surface area (TPSA) is 49.5 Å². The maximum absolute atomic E-state index is 8.99. The second-order valence-corrected chi connectivity index (χ2v) is 4.39. The standard InChI is InChI=1S/C14H24N2O/c1-2-9-16(10-3-8-15)11-13-4-6-14(12-17)7-5-13/h4-7,17H,2-3,8-12,15H2,1H3. The Labute approximate surface area is 104 Å². The molecule has 0 heterocycles. The van der Waals surface area contributed by atoms with E-state index in [1.807, 2.05) is 12.1 Å². The zero-order chi connectivity index (χ0) is 12.5. The molecule has 0 bridgehead atoms. The highest BCUT2D eigenvalue weighted by Gasteiger charge is 2.04. The number of rotatable bonds is 8. The van der Waals surface area contributed by atoms with Gasteiger partial charge in [0, 0.05) is 6.54 Å². The lowest BCUT2D eigenvalue weighted by Gasteiger charge is -2.21. The quantitative estimate of drug-likeness (QED) is 0.723. The Hall–Kier alpha value is -0.900. The van der Waals surface area contributed by atoms with Gasteiger partial charge in [0.15, 0.2) is 0 Å². The Morgan fingerprint density at radius 1 is 1.12 bits per heavy atom. The zero-order valence-electron chi connectivity index (χ0n) is 10.7. The highest BCUT2D eigenvalue weighted by atomic mass is 16.3. The van der Waals surface area contributed by atoms with Crippen molar-refractivity contribution in [3.05, 3.63) is 35.4 Å². The van der Waals surface area contributed by atoms with Crippen LogP contribution in [0.4, 0.5) is 0 Å². The fourth-order valence-electron chi connectivity index (χ4n) is 1.91. The molecule has 17 heavy (non-hydrogen) atoms. The number of hydrogen-bond donors (Lipinski definition) is 2. The molecule has 0 aromatic heterocycles. The summed E-state index contributed by atoms with van der Waals surface area (Å²) in [5.74, 6) is 0. The van der Waals surface area contributed by atoms with Gasteiger partial charge in [-0.25, -0.2) is 0 Å². The Morgan fingerprint density at radius 2 is 1.76 bits per heavy atom. The van der Waals surface area contributed by atoms with Crippen molar-refractivity contribution in [2.75, 3.05) is 19.6 Å². The second-order valence-electron chi connectivity index (χ2n) is 4.39. The van der Waals surface area contributed by atoms with Crippen molar-refractivity contribution in [1.82, 2.24) is 4.90 Å². The van der Waals surface area contributed by atoms with Crippen LogP contribution in [0.1, 0.15) is 30.9 Å². The molecule has 1 aromatic rings. The first-order valence-electron chi connectivity index (χ1n) is 6.41. The van der Waals surface area contributed by atoms with E-state index in [0.29, 0.717) is 0 Å². The molecule has 3 N–H and O–H groups in total. The van der Waals surface area contributed by atoms with E-state index in [1.54, 1.807) is 0 Å². The van der Waals surface area contributed by atoms with Gasteiger partial charge in [0.05, 0.1) is 6.61 Å². The third kappa shape index (κ3) is 5.31. The van der Waals surface area contributed by atoms with Crippen molar-refractivity contribution in [3.63, 3.8) is 0 Å². The Balaban J connectivity index is 2.51. The second kappa shape index (κ2) is 8.23. The third-order valence-electron chi connectivity index (χ3n) is 2.83. The molecule has 0 aliphatic carbocycles. The SMILES string of the molecule is CCCN(CCCN)Cc1ccc(CO)cc1. The molecule has 3 nitrogen and oxygen atoms in total. The molecule has 0 saturated heterocycles. The molecular weight excluding hydrogens is 212 g/mol. The Bertz CT molecular complexity index is 298. The lowest BCUT2D eigenvalue weighted by molar-refractivity contribution is 0.264. The Kier molecular flexibility index (Phi) is 6.86. The molecule has 0 amide bonds. The summed E-state index contributed by atoms with van der Waals surface area (Å²) in [6.07, 6.45) is 2.22. The highest BCUT2D eigenvalue weighted by molar-refractivity contribution is 5.21. The van der Waals surface area contributed by atoms with Crippen molar-refractivity contribution in [3.8, 4) is 0 Å². The Morgan fingerprint density at radius 3 is 2.29 bits per heavy atom. The average molecular weight is 236 g/mol.